The second kappa shape index (κ2) is 3.85. The third-order valence-electron chi connectivity index (χ3n) is 0.0481. The van der Waals surface area contributed by atoms with E-state index in [-0.39, 0.29) is 0 Å². The van der Waals surface area contributed by atoms with Gasteiger partial charge in [0, 0.05) is 0 Å². The van der Waals surface area contributed by atoms with Crippen LogP contribution in [-0.4, -0.2) is 6.47 Å². The molecule has 3 heteroatoms. The molecule has 0 aliphatic carbocycles. The number of rotatable bonds is 1. The maximum absolute atomic E-state index is 8.99. The summed E-state index contributed by atoms with van der Waals surface area (Å²) < 4.78 is 4.00. The first-order chi connectivity index (χ1) is 1.91. The van der Waals surface area contributed by atoms with Crippen LogP contribution < -0.4 is 0 Å². The van der Waals surface area contributed by atoms with Crippen molar-refractivity contribution in [3.8, 4) is 0 Å². The Balaban J connectivity index is 2.30. The Morgan fingerprint density at radius 2 is 2.25 bits per heavy atom. The van der Waals surface area contributed by atoms with Crippen LogP contribution in [0.25, 0.3) is 0 Å². The van der Waals surface area contributed by atoms with Crippen molar-refractivity contribution >= 4 is 6.47 Å². The predicted octanol–water partition coefficient (Wildman–Crippen LogP) is -0.376. The molecular formula is CHCeO2. The molecule has 0 N–H and O–H groups in total. The van der Waals surface area contributed by atoms with Gasteiger partial charge in [-0.25, -0.2) is 0 Å². The van der Waals surface area contributed by atoms with Crippen LogP contribution in [-0.2, 0) is 5.75 Å². The zero-order chi connectivity index (χ0) is 3.41. The van der Waals surface area contributed by atoms with Crippen LogP contribution in [0.2, 0.25) is 0 Å². The first-order valence-electron chi connectivity index (χ1n) is 0.676. The van der Waals surface area contributed by atoms with Gasteiger partial charge in [-0.2, -0.15) is 0 Å². The van der Waals surface area contributed by atoms with E-state index >= 15 is 0 Å². The fourth-order valence-electron chi connectivity index (χ4n) is 0. The SMILES string of the molecule is O=C[O][Ce]. The van der Waals surface area contributed by atoms with Gasteiger partial charge >= 0.3 is 52.5 Å². The number of carbonyl (C=O) groups is 1. The predicted molar refractivity (Wildman–Crippen MR) is 7.15 cm³/mol. The van der Waals surface area contributed by atoms with E-state index in [0.717, 1.165) is 0 Å². The van der Waals surface area contributed by atoms with Crippen molar-refractivity contribution in [2.45, 2.75) is 0 Å². The molecular weight excluding hydrogens is 184 g/mol. The Morgan fingerprint density at radius 1 is 2.00 bits per heavy atom. The van der Waals surface area contributed by atoms with Gasteiger partial charge in [0.25, 0.3) is 0 Å². The van der Waals surface area contributed by atoms with Crippen LogP contribution in [0.1, 0.15) is 0 Å². The second-order valence-electron chi connectivity index (χ2n) is 0.214. The van der Waals surface area contributed by atoms with E-state index in [2.05, 4.69) is 0.951 Å². The van der Waals surface area contributed by atoms with Crippen LogP contribution in [0.15, 0.2) is 0 Å². The number of hydrogen-bond donors (Lipinski definition) is 0. The summed E-state index contributed by atoms with van der Waals surface area (Å²) in [5.41, 5.74) is 0. The van der Waals surface area contributed by atoms with Gasteiger partial charge in [-0.1, -0.05) is 0 Å². The van der Waals surface area contributed by atoms with E-state index < -0.39 is 0 Å². The van der Waals surface area contributed by atoms with Crippen LogP contribution in [0.4, 0.5) is 0 Å². The molecule has 0 unspecified atom stereocenters. The monoisotopic (exact) mass is 185 g/mol. The minimum absolute atomic E-state index is 0.437. The molecule has 0 aromatic heterocycles. The summed E-state index contributed by atoms with van der Waals surface area (Å²) in [6.45, 7) is 0.437. The molecule has 0 fully saturated rings. The molecule has 0 aliphatic heterocycles. The molecule has 0 saturated heterocycles. The van der Waals surface area contributed by atoms with E-state index in [1.165, 1.54) is 0 Å². The quantitative estimate of drug-likeness (QED) is 0.521. The summed E-state index contributed by atoms with van der Waals surface area (Å²) in [6, 6.07) is 0. The molecule has 0 rings (SSSR count). The normalized spacial score (nSPS) is 4.75. The Morgan fingerprint density at radius 3 is 2.25 bits per heavy atom. The second-order valence-corrected chi connectivity index (χ2v) is 0.954. The van der Waals surface area contributed by atoms with E-state index in [9.17, 15) is 0 Å². The Bertz CT molecular complexity index is 20.0. The molecule has 0 saturated carbocycles. The summed E-state index contributed by atoms with van der Waals surface area (Å²) in [5, 5.41) is 0. The van der Waals surface area contributed by atoms with E-state index in [1.54, 1.807) is 0 Å². The summed E-state index contributed by atoms with van der Waals surface area (Å²) in [4.78, 5) is 8.99. The average Bonchev–Trinajstić information content (AvgIpc) is 1.37. The van der Waals surface area contributed by atoms with Gasteiger partial charge < -0.3 is 0 Å². The van der Waals surface area contributed by atoms with E-state index in [4.69, 9.17) is 4.79 Å². The molecule has 2 nitrogen and oxygen atoms in total. The zero-order valence-corrected chi connectivity index (χ0v) is 5.03. The average molecular weight is 185 g/mol. The van der Waals surface area contributed by atoms with E-state index in [1.807, 2.05) is 0 Å². The molecule has 0 aromatic rings. The Hall–Kier alpha value is 0.847. The molecule has 21 valence electrons. The van der Waals surface area contributed by atoms with Crippen molar-refractivity contribution in [2.24, 2.45) is 0 Å². The fourth-order valence-corrected chi connectivity index (χ4v) is 0. The van der Waals surface area contributed by atoms with Crippen molar-refractivity contribution < 1.29 is 46.0 Å². The molecule has 0 radical (unpaired) electrons. The number of hydrogen-bond acceptors (Lipinski definition) is 2. The van der Waals surface area contributed by atoms with Crippen LogP contribution in [0.5, 0.6) is 0 Å². The summed E-state index contributed by atoms with van der Waals surface area (Å²) in [7, 11) is 0. The van der Waals surface area contributed by atoms with Crippen LogP contribution in [0.3, 0.4) is 0 Å². The van der Waals surface area contributed by atoms with Crippen LogP contribution >= 0.6 is 0 Å². The molecule has 0 aromatic carbocycles. The van der Waals surface area contributed by atoms with Crippen molar-refractivity contribution in [2.75, 3.05) is 0 Å². The molecule has 0 spiro atoms. The fraction of sp³-hybridized carbons (Fsp3) is 0. The van der Waals surface area contributed by atoms with Gasteiger partial charge in [0.1, 0.15) is 0 Å². The standard InChI is InChI=1S/CH2O2.Ce/c2-1-3;/h1H,(H,2,3);/q;+1/p-1. The van der Waals surface area contributed by atoms with Crippen molar-refractivity contribution in [1.29, 1.82) is 0 Å². The molecule has 0 aliphatic rings. The minimum atomic E-state index is 0.437. The third kappa shape index (κ3) is 2.85. The maximum atomic E-state index is 8.99. The Kier molecular flexibility index (Phi) is 4.66. The molecule has 0 amide bonds. The molecule has 0 bridgehead atoms. The Labute approximate surface area is 51.9 Å². The first-order valence-corrected chi connectivity index (χ1v) is 1.96. The van der Waals surface area contributed by atoms with Crippen LogP contribution in [0, 0.1) is 40.2 Å². The van der Waals surface area contributed by atoms with Gasteiger partial charge in [-0.15, -0.1) is 0 Å². The van der Waals surface area contributed by atoms with Gasteiger partial charge in [0.2, 0.25) is 0 Å². The molecule has 0 atom stereocenters. The first kappa shape index (κ1) is 4.85. The molecule has 0 heterocycles. The summed E-state index contributed by atoms with van der Waals surface area (Å²) in [6.07, 6.45) is 0. The molecule has 4 heavy (non-hydrogen) atoms. The topological polar surface area (TPSA) is 26.3 Å². The number of carbonyl (C=O) groups excluding carboxylic acids is 1. The zero-order valence-electron chi connectivity index (χ0n) is 1.89. The van der Waals surface area contributed by atoms with Gasteiger partial charge in [0.05, 0.1) is 0 Å². The van der Waals surface area contributed by atoms with Crippen molar-refractivity contribution in [3.05, 3.63) is 0 Å². The van der Waals surface area contributed by atoms with Gasteiger partial charge in [-0.05, 0) is 0 Å². The van der Waals surface area contributed by atoms with Crippen molar-refractivity contribution in [1.82, 2.24) is 0 Å². The van der Waals surface area contributed by atoms with E-state index in [0.29, 0.717) is 46.7 Å². The van der Waals surface area contributed by atoms with Gasteiger partial charge in [-0.3, -0.25) is 0 Å². The van der Waals surface area contributed by atoms with Gasteiger partial charge in [0.15, 0.2) is 0 Å². The summed E-state index contributed by atoms with van der Waals surface area (Å²) in [5.74, 6) is 0. The summed E-state index contributed by atoms with van der Waals surface area (Å²) >= 11 is 0.522. The van der Waals surface area contributed by atoms with Crippen molar-refractivity contribution in [3.63, 3.8) is 0 Å². The third-order valence-corrected chi connectivity index (χ3v) is 0.350.